The summed E-state index contributed by atoms with van der Waals surface area (Å²) in [6, 6.07) is 10.3. The zero-order valence-corrected chi connectivity index (χ0v) is 13.8. The van der Waals surface area contributed by atoms with E-state index in [2.05, 4.69) is 12.1 Å². The van der Waals surface area contributed by atoms with Gasteiger partial charge < -0.3 is 10.6 Å². The molecule has 3 rings (SSSR count). The maximum atomic E-state index is 12.6. The number of nitrogens with zero attached hydrogens (tertiary/aromatic N) is 1. The molecule has 0 aliphatic carbocycles. The molecule has 1 aliphatic rings. The fourth-order valence-corrected chi connectivity index (χ4v) is 3.90. The highest BCUT2D eigenvalue weighted by molar-refractivity contribution is 7.20. The topological polar surface area (TPSA) is 46.3 Å². The molecule has 1 saturated heterocycles. The standard InChI is InChI=1S/C16H20N2OS.ClH/c1-11(17)13-6-4-8-18(10-13)16(19)15-9-12-5-2-3-7-14(12)20-15;/h2-3,5,7,9,11,13H,4,6,8,10,17H2,1H3;1H. The van der Waals surface area contributed by atoms with Gasteiger partial charge >= 0.3 is 0 Å². The Kier molecular flexibility index (Phi) is 5.25. The van der Waals surface area contributed by atoms with Crippen LogP contribution in [-0.2, 0) is 0 Å². The number of likely N-dealkylation sites (tertiary alicyclic amines) is 1. The van der Waals surface area contributed by atoms with Gasteiger partial charge in [0, 0.05) is 23.8 Å². The number of halogens is 1. The van der Waals surface area contributed by atoms with Crippen LogP contribution >= 0.6 is 23.7 Å². The third-order valence-corrected chi connectivity index (χ3v) is 5.23. The van der Waals surface area contributed by atoms with Gasteiger partial charge in [-0.15, -0.1) is 23.7 Å². The molecule has 2 heterocycles. The lowest BCUT2D eigenvalue weighted by molar-refractivity contribution is 0.0666. The zero-order chi connectivity index (χ0) is 14.1. The summed E-state index contributed by atoms with van der Waals surface area (Å²) in [4.78, 5) is 15.5. The SMILES string of the molecule is CC(N)C1CCCN(C(=O)c2cc3ccccc3s2)C1.Cl. The fraction of sp³-hybridized carbons (Fsp3) is 0.438. The predicted octanol–water partition coefficient (Wildman–Crippen LogP) is 3.52. The van der Waals surface area contributed by atoms with Crippen LogP contribution in [0.25, 0.3) is 10.1 Å². The van der Waals surface area contributed by atoms with Gasteiger partial charge in [-0.05, 0) is 43.2 Å². The summed E-state index contributed by atoms with van der Waals surface area (Å²) in [7, 11) is 0. The van der Waals surface area contributed by atoms with Crippen LogP contribution in [0.5, 0.6) is 0 Å². The first kappa shape index (κ1) is 16.3. The smallest absolute Gasteiger partial charge is 0.263 e. The van der Waals surface area contributed by atoms with Gasteiger partial charge in [-0.25, -0.2) is 0 Å². The molecule has 1 aromatic heterocycles. The summed E-state index contributed by atoms with van der Waals surface area (Å²) >= 11 is 1.59. The number of carbonyl (C=O) groups is 1. The molecule has 2 aromatic rings. The quantitative estimate of drug-likeness (QED) is 0.918. The molecule has 2 unspecified atom stereocenters. The van der Waals surface area contributed by atoms with Gasteiger partial charge in [-0.2, -0.15) is 0 Å². The summed E-state index contributed by atoms with van der Waals surface area (Å²) in [5, 5.41) is 1.15. The summed E-state index contributed by atoms with van der Waals surface area (Å²) in [5.74, 6) is 0.596. The summed E-state index contributed by atoms with van der Waals surface area (Å²) < 4.78 is 1.18. The number of rotatable bonds is 2. The van der Waals surface area contributed by atoms with Crippen LogP contribution in [0.2, 0.25) is 0 Å². The Morgan fingerprint density at radius 2 is 2.19 bits per heavy atom. The maximum absolute atomic E-state index is 12.6. The Bertz CT molecular complexity index is 593. The first-order valence-electron chi connectivity index (χ1n) is 7.18. The van der Waals surface area contributed by atoms with Gasteiger partial charge in [0.05, 0.1) is 4.88 Å². The van der Waals surface area contributed by atoms with E-state index in [-0.39, 0.29) is 24.4 Å². The van der Waals surface area contributed by atoms with E-state index in [1.165, 1.54) is 4.70 Å². The normalized spacial score (nSPS) is 20.1. The molecule has 2 atom stereocenters. The molecule has 1 aliphatic heterocycles. The number of carbonyl (C=O) groups excluding carboxylic acids is 1. The number of fused-ring (bicyclic) bond motifs is 1. The van der Waals surface area contributed by atoms with Crippen LogP contribution < -0.4 is 5.73 Å². The molecule has 1 amide bonds. The highest BCUT2D eigenvalue weighted by Crippen LogP contribution is 2.28. The van der Waals surface area contributed by atoms with Crippen molar-refractivity contribution in [3.8, 4) is 0 Å². The van der Waals surface area contributed by atoms with E-state index in [4.69, 9.17) is 5.73 Å². The average molecular weight is 325 g/mol. The molecule has 0 saturated carbocycles. The Hall–Kier alpha value is -1.10. The first-order chi connectivity index (χ1) is 9.65. The molecular weight excluding hydrogens is 304 g/mol. The van der Waals surface area contributed by atoms with Crippen LogP contribution in [0.1, 0.15) is 29.4 Å². The fourth-order valence-electron chi connectivity index (χ4n) is 2.87. The van der Waals surface area contributed by atoms with E-state index in [0.29, 0.717) is 5.92 Å². The minimum absolute atomic E-state index is 0. The molecule has 0 spiro atoms. The molecule has 0 bridgehead atoms. The molecule has 1 fully saturated rings. The van der Waals surface area contributed by atoms with Crippen LogP contribution in [0, 0.1) is 5.92 Å². The number of piperidine rings is 1. The first-order valence-corrected chi connectivity index (χ1v) is 8.00. The Balaban J connectivity index is 0.00000161. The van der Waals surface area contributed by atoms with Crippen molar-refractivity contribution >= 4 is 39.7 Å². The van der Waals surface area contributed by atoms with E-state index < -0.39 is 0 Å². The number of benzene rings is 1. The lowest BCUT2D eigenvalue weighted by atomic mass is 9.92. The molecule has 5 heteroatoms. The van der Waals surface area contributed by atoms with Crippen LogP contribution in [-0.4, -0.2) is 29.9 Å². The lowest BCUT2D eigenvalue weighted by Crippen LogP contribution is -2.44. The number of nitrogens with two attached hydrogens (primary N) is 1. The number of hydrogen-bond donors (Lipinski definition) is 1. The second-order valence-corrected chi connectivity index (χ2v) is 6.74. The van der Waals surface area contributed by atoms with E-state index in [1.807, 2.05) is 30.0 Å². The van der Waals surface area contributed by atoms with Crippen LogP contribution in [0.3, 0.4) is 0 Å². The molecule has 2 N–H and O–H groups in total. The third kappa shape index (κ3) is 3.39. The number of hydrogen-bond acceptors (Lipinski definition) is 3. The molecule has 114 valence electrons. The predicted molar refractivity (Wildman–Crippen MR) is 91.3 cm³/mol. The van der Waals surface area contributed by atoms with E-state index in [9.17, 15) is 4.79 Å². The summed E-state index contributed by atoms with van der Waals surface area (Å²) in [6.45, 7) is 3.69. The van der Waals surface area contributed by atoms with Gasteiger partial charge in [0.2, 0.25) is 0 Å². The summed E-state index contributed by atoms with van der Waals surface area (Å²) in [6.07, 6.45) is 2.19. The van der Waals surface area contributed by atoms with Gasteiger partial charge in [0.25, 0.3) is 5.91 Å². The van der Waals surface area contributed by atoms with Crippen molar-refractivity contribution in [2.75, 3.05) is 13.1 Å². The van der Waals surface area contributed by atoms with Crippen molar-refractivity contribution in [3.05, 3.63) is 35.2 Å². The molecular formula is C16H21ClN2OS. The van der Waals surface area contributed by atoms with Crippen molar-refractivity contribution in [2.45, 2.75) is 25.8 Å². The average Bonchev–Trinajstić information content (AvgIpc) is 2.90. The molecule has 0 radical (unpaired) electrons. The maximum Gasteiger partial charge on any atom is 0.263 e. The van der Waals surface area contributed by atoms with Crippen LogP contribution in [0.15, 0.2) is 30.3 Å². The Morgan fingerprint density at radius 1 is 1.43 bits per heavy atom. The molecule has 3 nitrogen and oxygen atoms in total. The van der Waals surface area contributed by atoms with E-state index in [1.54, 1.807) is 11.3 Å². The van der Waals surface area contributed by atoms with E-state index in [0.717, 1.165) is 36.2 Å². The Morgan fingerprint density at radius 3 is 2.90 bits per heavy atom. The van der Waals surface area contributed by atoms with Crippen molar-refractivity contribution in [2.24, 2.45) is 11.7 Å². The molecule has 1 aromatic carbocycles. The summed E-state index contributed by atoms with van der Waals surface area (Å²) in [5.41, 5.74) is 5.99. The number of thiophene rings is 1. The number of amides is 1. The third-order valence-electron chi connectivity index (χ3n) is 4.12. The monoisotopic (exact) mass is 324 g/mol. The minimum Gasteiger partial charge on any atom is -0.338 e. The highest BCUT2D eigenvalue weighted by Gasteiger charge is 2.27. The van der Waals surface area contributed by atoms with Crippen LogP contribution in [0.4, 0.5) is 0 Å². The van der Waals surface area contributed by atoms with Crippen molar-refractivity contribution in [1.82, 2.24) is 4.90 Å². The molecule has 21 heavy (non-hydrogen) atoms. The van der Waals surface area contributed by atoms with Gasteiger partial charge in [-0.1, -0.05) is 18.2 Å². The lowest BCUT2D eigenvalue weighted by Gasteiger charge is -2.34. The second kappa shape index (κ2) is 6.77. The second-order valence-electron chi connectivity index (χ2n) is 5.66. The van der Waals surface area contributed by atoms with Crippen molar-refractivity contribution in [3.63, 3.8) is 0 Å². The Labute approximate surface area is 135 Å². The van der Waals surface area contributed by atoms with Crippen molar-refractivity contribution in [1.29, 1.82) is 0 Å². The van der Waals surface area contributed by atoms with Gasteiger partial charge in [0.15, 0.2) is 0 Å². The zero-order valence-electron chi connectivity index (χ0n) is 12.1. The van der Waals surface area contributed by atoms with Gasteiger partial charge in [0.1, 0.15) is 0 Å². The minimum atomic E-state index is 0. The highest BCUT2D eigenvalue weighted by atomic mass is 35.5. The van der Waals surface area contributed by atoms with Crippen molar-refractivity contribution < 1.29 is 4.79 Å². The van der Waals surface area contributed by atoms with Gasteiger partial charge in [-0.3, -0.25) is 4.79 Å². The largest absolute Gasteiger partial charge is 0.338 e. The van der Waals surface area contributed by atoms with E-state index >= 15 is 0 Å².